The van der Waals surface area contributed by atoms with Gasteiger partial charge in [-0.2, -0.15) is 0 Å². The fourth-order valence-corrected chi connectivity index (χ4v) is 1.96. The van der Waals surface area contributed by atoms with Crippen molar-refractivity contribution in [3.8, 4) is 0 Å². The quantitative estimate of drug-likeness (QED) is 0.703. The van der Waals surface area contributed by atoms with Gasteiger partial charge in [-0.3, -0.25) is 9.69 Å². The van der Waals surface area contributed by atoms with E-state index < -0.39 is 0 Å². The van der Waals surface area contributed by atoms with Gasteiger partial charge in [0.15, 0.2) is 5.78 Å². The molecule has 0 radical (unpaired) electrons. The van der Waals surface area contributed by atoms with Gasteiger partial charge in [0, 0.05) is 11.6 Å². The van der Waals surface area contributed by atoms with Crippen molar-refractivity contribution in [2.75, 3.05) is 13.6 Å². The van der Waals surface area contributed by atoms with Crippen LogP contribution in [-0.2, 0) is 0 Å². The zero-order chi connectivity index (χ0) is 12.8. The number of benzene rings is 1. The zero-order valence-electron chi connectivity index (χ0n) is 11.3. The van der Waals surface area contributed by atoms with Gasteiger partial charge in [0.25, 0.3) is 0 Å². The topological polar surface area (TPSA) is 20.3 Å². The first-order valence-electron chi connectivity index (χ1n) is 6.29. The maximum atomic E-state index is 12.0. The minimum atomic E-state index is 0.198. The van der Waals surface area contributed by atoms with Gasteiger partial charge in [-0.1, -0.05) is 44.2 Å². The lowest BCUT2D eigenvalue weighted by Crippen LogP contribution is -2.34. The van der Waals surface area contributed by atoms with Crippen LogP contribution in [0.4, 0.5) is 0 Å². The highest BCUT2D eigenvalue weighted by atomic mass is 16.1. The third-order valence-electron chi connectivity index (χ3n) is 3.05. The lowest BCUT2D eigenvalue weighted by atomic mass is 10.0. The SMILES string of the molecule is CC(C)CC(C)N(C)CC(=O)c1ccccc1. The number of Topliss-reactive ketones (excluding diaryl/α,β-unsaturated/α-hetero) is 1. The second kappa shape index (κ2) is 6.55. The monoisotopic (exact) mass is 233 g/mol. The Morgan fingerprint density at radius 2 is 1.76 bits per heavy atom. The van der Waals surface area contributed by atoms with Crippen molar-refractivity contribution in [3.63, 3.8) is 0 Å². The summed E-state index contributed by atoms with van der Waals surface area (Å²) in [6.45, 7) is 7.10. The molecule has 0 heterocycles. The summed E-state index contributed by atoms with van der Waals surface area (Å²) in [5.74, 6) is 0.864. The van der Waals surface area contributed by atoms with Gasteiger partial charge in [0.2, 0.25) is 0 Å². The Morgan fingerprint density at radius 1 is 1.18 bits per heavy atom. The van der Waals surface area contributed by atoms with Crippen molar-refractivity contribution in [2.24, 2.45) is 5.92 Å². The van der Waals surface area contributed by atoms with E-state index in [9.17, 15) is 4.79 Å². The maximum Gasteiger partial charge on any atom is 0.176 e. The fraction of sp³-hybridized carbons (Fsp3) is 0.533. The highest BCUT2D eigenvalue weighted by Crippen LogP contribution is 2.10. The molecule has 1 aromatic carbocycles. The summed E-state index contributed by atoms with van der Waals surface area (Å²) in [6.07, 6.45) is 1.12. The van der Waals surface area contributed by atoms with Gasteiger partial charge in [-0.15, -0.1) is 0 Å². The van der Waals surface area contributed by atoms with E-state index in [4.69, 9.17) is 0 Å². The van der Waals surface area contributed by atoms with Gasteiger partial charge in [0.05, 0.1) is 6.54 Å². The Balaban J connectivity index is 2.51. The molecule has 0 saturated heterocycles. The highest BCUT2D eigenvalue weighted by molar-refractivity contribution is 5.97. The predicted molar refractivity (Wildman–Crippen MR) is 72.3 cm³/mol. The standard InChI is InChI=1S/C15H23NO/c1-12(2)10-13(3)16(4)11-15(17)14-8-6-5-7-9-14/h5-9,12-13H,10-11H2,1-4H3. The van der Waals surface area contributed by atoms with Crippen LogP contribution in [0.15, 0.2) is 30.3 Å². The second-order valence-corrected chi connectivity index (χ2v) is 5.18. The molecule has 1 unspecified atom stereocenters. The Labute approximate surface area is 105 Å². The van der Waals surface area contributed by atoms with Crippen molar-refractivity contribution in [1.29, 1.82) is 0 Å². The molecule has 0 fully saturated rings. The summed E-state index contributed by atoms with van der Waals surface area (Å²) >= 11 is 0. The Hall–Kier alpha value is -1.15. The minimum absolute atomic E-state index is 0.198. The number of carbonyl (C=O) groups excluding carboxylic acids is 1. The van der Waals surface area contributed by atoms with Crippen LogP contribution < -0.4 is 0 Å². The smallest absolute Gasteiger partial charge is 0.176 e. The van der Waals surface area contributed by atoms with E-state index in [-0.39, 0.29) is 5.78 Å². The van der Waals surface area contributed by atoms with E-state index in [2.05, 4.69) is 25.7 Å². The molecular formula is C15H23NO. The summed E-state index contributed by atoms with van der Waals surface area (Å²) < 4.78 is 0. The molecule has 0 spiro atoms. The van der Waals surface area contributed by atoms with Crippen molar-refractivity contribution >= 4 is 5.78 Å². The third-order valence-corrected chi connectivity index (χ3v) is 3.05. The van der Waals surface area contributed by atoms with Gasteiger partial charge in [0.1, 0.15) is 0 Å². The molecule has 2 heteroatoms. The lowest BCUT2D eigenvalue weighted by molar-refractivity contribution is 0.0916. The summed E-state index contributed by atoms with van der Waals surface area (Å²) in [7, 11) is 2.02. The number of rotatable bonds is 6. The number of carbonyl (C=O) groups is 1. The summed E-state index contributed by atoms with van der Waals surface area (Å²) in [5, 5.41) is 0. The third kappa shape index (κ3) is 4.70. The highest BCUT2D eigenvalue weighted by Gasteiger charge is 2.15. The number of likely N-dealkylation sites (N-methyl/N-ethyl adjacent to an activating group) is 1. The molecule has 0 bridgehead atoms. The molecule has 94 valence electrons. The van der Waals surface area contributed by atoms with Crippen LogP contribution in [-0.4, -0.2) is 30.3 Å². The average molecular weight is 233 g/mol. The van der Waals surface area contributed by atoms with Crippen LogP contribution in [0.1, 0.15) is 37.6 Å². The first-order chi connectivity index (χ1) is 8.00. The predicted octanol–water partition coefficient (Wildman–Crippen LogP) is 3.24. The van der Waals surface area contributed by atoms with Crippen LogP contribution >= 0.6 is 0 Å². The van der Waals surface area contributed by atoms with Gasteiger partial charge in [-0.05, 0) is 26.3 Å². The maximum absolute atomic E-state index is 12.0. The molecule has 0 aromatic heterocycles. The van der Waals surface area contributed by atoms with Crippen LogP contribution in [0.5, 0.6) is 0 Å². The van der Waals surface area contributed by atoms with Crippen molar-refractivity contribution in [2.45, 2.75) is 33.2 Å². The number of nitrogens with zero attached hydrogens (tertiary/aromatic N) is 1. The second-order valence-electron chi connectivity index (χ2n) is 5.18. The van der Waals surface area contributed by atoms with E-state index in [1.807, 2.05) is 37.4 Å². The summed E-state index contributed by atoms with van der Waals surface area (Å²) in [4.78, 5) is 14.1. The van der Waals surface area contributed by atoms with Crippen LogP contribution in [0.3, 0.4) is 0 Å². The van der Waals surface area contributed by atoms with E-state index in [0.29, 0.717) is 18.5 Å². The normalized spacial score (nSPS) is 13.1. The lowest BCUT2D eigenvalue weighted by Gasteiger charge is -2.25. The molecule has 1 atom stereocenters. The minimum Gasteiger partial charge on any atom is -0.296 e. The van der Waals surface area contributed by atoms with E-state index in [1.54, 1.807) is 0 Å². The number of hydrogen-bond donors (Lipinski definition) is 0. The average Bonchev–Trinajstić information content (AvgIpc) is 2.29. The molecule has 1 aromatic rings. The van der Waals surface area contributed by atoms with Crippen molar-refractivity contribution in [1.82, 2.24) is 4.90 Å². The Kier molecular flexibility index (Phi) is 5.36. The van der Waals surface area contributed by atoms with Gasteiger partial charge < -0.3 is 0 Å². The largest absolute Gasteiger partial charge is 0.296 e. The van der Waals surface area contributed by atoms with Crippen LogP contribution in [0.2, 0.25) is 0 Å². The molecule has 0 aliphatic rings. The zero-order valence-corrected chi connectivity index (χ0v) is 11.3. The molecule has 0 aliphatic carbocycles. The molecule has 0 N–H and O–H groups in total. The molecule has 0 amide bonds. The number of ketones is 1. The first kappa shape index (κ1) is 13.9. The molecule has 1 rings (SSSR count). The first-order valence-corrected chi connectivity index (χ1v) is 6.29. The van der Waals surface area contributed by atoms with E-state index >= 15 is 0 Å². The van der Waals surface area contributed by atoms with Crippen LogP contribution in [0.25, 0.3) is 0 Å². The van der Waals surface area contributed by atoms with E-state index in [1.165, 1.54) is 0 Å². The molecule has 17 heavy (non-hydrogen) atoms. The molecule has 2 nitrogen and oxygen atoms in total. The fourth-order valence-electron chi connectivity index (χ4n) is 1.96. The Bertz CT molecular complexity index is 345. The van der Waals surface area contributed by atoms with E-state index in [0.717, 1.165) is 12.0 Å². The van der Waals surface area contributed by atoms with Crippen molar-refractivity contribution in [3.05, 3.63) is 35.9 Å². The molecular weight excluding hydrogens is 210 g/mol. The molecule has 0 aliphatic heterocycles. The molecule has 0 saturated carbocycles. The van der Waals surface area contributed by atoms with Crippen molar-refractivity contribution < 1.29 is 4.79 Å². The summed E-state index contributed by atoms with van der Waals surface area (Å²) in [5.41, 5.74) is 0.802. The summed E-state index contributed by atoms with van der Waals surface area (Å²) in [6, 6.07) is 9.95. The van der Waals surface area contributed by atoms with Crippen LogP contribution in [0, 0.1) is 5.92 Å². The Morgan fingerprint density at radius 3 is 2.29 bits per heavy atom. The van der Waals surface area contributed by atoms with Gasteiger partial charge in [-0.25, -0.2) is 0 Å². The van der Waals surface area contributed by atoms with Gasteiger partial charge >= 0.3 is 0 Å². The number of hydrogen-bond acceptors (Lipinski definition) is 2.